The summed E-state index contributed by atoms with van der Waals surface area (Å²) in [7, 11) is 3.74. The zero-order chi connectivity index (χ0) is 12.4. The molecule has 0 spiro atoms. The number of halogens is 1. The zero-order valence-corrected chi connectivity index (χ0v) is 11.0. The largest absolute Gasteiger partial charge is 0.857 e. The highest BCUT2D eigenvalue weighted by Gasteiger charge is 2.12. The summed E-state index contributed by atoms with van der Waals surface area (Å²) < 4.78 is 0.306. The molecule has 0 aromatic rings. The summed E-state index contributed by atoms with van der Waals surface area (Å²) in [6, 6.07) is 0. The van der Waals surface area contributed by atoms with Crippen molar-refractivity contribution >= 4 is 17.5 Å². The smallest absolute Gasteiger partial charge is 0.103 e. The summed E-state index contributed by atoms with van der Waals surface area (Å²) in [4.78, 5) is 9.62. The third-order valence-corrected chi connectivity index (χ3v) is 2.11. The maximum Gasteiger partial charge on any atom is 0.103 e. The van der Waals surface area contributed by atoms with Gasteiger partial charge in [0.15, 0.2) is 0 Å². The van der Waals surface area contributed by atoms with Crippen LogP contribution in [-0.2, 0) is 9.78 Å². The molecule has 0 saturated carbocycles. The van der Waals surface area contributed by atoms with Crippen LogP contribution in [0.4, 0.5) is 0 Å². The number of nitrogens with zero attached hydrogens (tertiary/aromatic N) is 2. The van der Waals surface area contributed by atoms with Gasteiger partial charge in [-0.25, -0.2) is 14.4 Å². The van der Waals surface area contributed by atoms with Crippen molar-refractivity contribution in [3.63, 3.8) is 0 Å². The van der Waals surface area contributed by atoms with Gasteiger partial charge >= 0.3 is 0 Å². The standard InChI is InChI=1S/C10H21ClN2O3/c1-4-15-16-8-6-5-7-13(2,3)12-10(14)9-11/h4-9H2,1-3H3. The van der Waals surface area contributed by atoms with Gasteiger partial charge in [0, 0.05) is 12.3 Å². The number of hydrogen-bond donors (Lipinski definition) is 0. The van der Waals surface area contributed by atoms with Crippen molar-refractivity contribution in [1.82, 2.24) is 0 Å². The highest BCUT2D eigenvalue weighted by molar-refractivity contribution is 6.26. The van der Waals surface area contributed by atoms with Crippen LogP contribution in [0.25, 0.3) is 0 Å². The van der Waals surface area contributed by atoms with Gasteiger partial charge < -0.3 is 5.11 Å². The minimum atomic E-state index is -0.280. The van der Waals surface area contributed by atoms with Crippen LogP contribution in [0.15, 0.2) is 5.10 Å². The average Bonchev–Trinajstić information content (AvgIpc) is 2.22. The fourth-order valence-electron chi connectivity index (χ4n) is 1.18. The molecule has 6 heteroatoms. The molecular weight excluding hydrogens is 232 g/mol. The van der Waals surface area contributed by atoms with E-state index in [4.69, 9.17) is 21.4 Å². The molecule has 0 amide bonds. The Morgan fingerprint density at radius 3 is 2.56 bits per heavy atom. The summed E-state index contributed by atoms with van der Waals surface area (Å²) >= 11 is 5.39. The third kappa shape index (κ3) is 8.91. The van der Waals surface area contributed by atoms with Crippen molar-refractivity contribution in [2.45, 2.75) is 19.8 Å². The molecule has 0 bridgehead atoms. The summed E-state index contributed by atoms with van der Waals surface area (Å²) in [6.45, 7) is 3.77. The molecule has 0 radical (unpaired) electrons. The highest BCUT2D eigenvalue weighted by atomic mass is 35.5. The topological polar surface area (TPSA) is 53.9 Å². The first-order valence-corrected chi connectivity index (χ1v) is 5.94. The van der Waals surface area contributed by atoms with Crippen LogP contribution in [-0.4, -0.2) is 50.2 Å². The molecular formula is C10H21ClN2O3. The Bertz CT molecular complexity index is 210. The Morgan fingerprint density at radius 2 is 2.00 bits per heavy atom. The fraction of sp³-hybridized carbons (Fsp3) is 0.900. The van der Waals surface area contributed by atoms with Crippen molar-refractivity contribution in [2.75, 3.05) is 39.7 Å². The lowest BCUT2D eigenvalue weighted by Crippen LogP contribution is -2.38. The Kier molecular flexibility index (Phi) is 8.56. The second kappa shape index (κ2) is 8.75. The summed E-state index contributed by atoms with van der Waals surface area (Å²) in [5.74, 6) is -0.341. The first kappa shape index (κ1) is 15.6. The molecule has 0 N–H and O–H groups in total. The van der Waals surface area contributed by atoms with Crippen LogP contribution in [0, 0.1) is 0 Å². The lowest BCUT2D eigenvalue weighted by atomic mass is 10.3. The normalized spacial score (nSPS) is 13.1. The van der Waals surface area contributed by atoms with E-state index in [1.54, 1.807) is 0 Å². The highest BCUT2D eigenvalue weighted by Crippen LogP contribution is 2.03. The van der Waals surface area contributed by atoms with E-state index < -0.39 is 0 Å². The van der Waals surface area contributed by atoms with E-state index >= 15 is 0 Å². The van der Waals surface area contributed by atoms with E-state index in [2.05, 4.69) is 5.10 Å². The molecule has 16 heavy (non-hydrogen) atoms. The number of alkyl halides is 1. The van der Waals surface area contributed by atoms with Crippen molar-refractivity contribution in [2.24, 2.45) is 5.10 Å². The van der Waals surface area contributed by atoms with Crippen molar-refractivity contribution < 1.29 is 19.5 Å². The van der Waals surface area contributed by atoms with Gasteiger partial charge in [0.25, 0.3) is 0 Å². The Hall–Kier alpha value is -0.360. The minimum Gasteiger partial charge on any atom is -0.857 e. The van der Waals surface area contributed by atoms with E-state index in [1.807, 2.05) is 21.0 Å². The average molecular weight is 253 g/mol. The fourth-order valence-corrected chi connectivity index (χ4v) is 1.23. The number of quaternary nitrogens is 1. The van der Waals surface area contributed by atoms with Crippen LogP contribution in [0.3, 0.4) is 0 Å². The number of rotatable bonds is 9. The van der Waals surface area contributed by atoms with Crippen molar-refractivity contribution in [1.29, 1.82) is 0 Å². The molecule has 96 valence electrons. The molecule has 0 atom stereocenters. The molecule has 5 nitrogen and oxygen atoms in total. The first-order chi connectivity index (χ1) is 7.52. The molecule has 0 aliphatic heterocycles. The molecule has 0 unspecified atom stereocenters. The lowest BCUT2D eigenvalue weighted by molar-refractivity contribution is -0.898. The summed E-state index contributed by atoms with van der Waals surface area (Å²) in [5, 5.41) is 15.0. The minimum absolute atomic E-state index is 0.0604. The van der Waals surface area contributed by atoms with Gasteiger partial charge in [-0.1, -0.05) is 0 Å². The maximum absolute atomic E-state index is 11.0. The molecule has 0 saturated heterocycles. The van der Waals surface area contributed by atoms with Crippen LogP contribution in [0.1, 0.15) is 19.8 Å². The zero-order valence-electron chi connectivity index (χ0n) is 10.2. The number of hydrogen-bond acceptors (Lipinski definition) is 4. The second-order valence-electron chi connectivity index (χ2n) is 3.91. The molecule has 0 heterocycles. The van der Waals surface area contributed by atoms with Crippen molar-refractivity contribution in [3.05, 3.63) is 0 Å². The maximum atomic E-state index is 11.0. The van der Waals surface area contributed by atoms with E-state index in [0.717, 1.165) is 19.4 Å². The van der Waals surface area contributed by atoms with E-state index in [0.29, 0.717) is 17.8 Å². The van der Waals surface area contributed by atoms with Crippen LogP contribution >= 0.6 is 11.6 Å². The van der Waals surface area contributed by atoms with Gasteiger partial charge in [0.2, 0.25) is 0 Å². The Labute approximate surface area is 102 Å². The molecule has 0 aromatic carbocycles. The van der Waals surface area contributed by atoms with E-state index in [9.17, 15) is 5.11 Å². The van der Waals surface area contributed by atoms with Gasteiger partial charge in [0.1, 0.15) is 6.54 Å². The molecule has 0 aromatic heterocycles. The van der Waals surface area contributed by atoms with Crippen molar-refractivity contribution in [3.8, 4) is 0 Å². The van der Waals surface area contributed by atoms with Gasteiger partial charge in [-0.3, -0.25) is 0 Å². The summed E-state index contributed by atoms with van der Waals surface area (Å²) in [6.07, 6.45) is 1.80. The SMILES string of the molecule is CCOOCCCC[N+](C)(C)/N=C(/[O-])CCl. The molecule has 0 fully saturated rings. The third-order valence-electron chi connectivity index (χ3n) is 1.88. The predicted octanol–water partition coefficient (Wildman–Crippen LogP) is 0.724. The quantitative estimate of drug-likeness (QED) is 0.116. The van der Waals surface area contributed by atoms with Gasteiger partial charge in [0.05, 0.1) is 33.2 Å². The Balaban J connectivity index is 3.66. The molecule has 0 aliphatic carbocycles. The monoisotopic (exact) mass is 252 g/mol. The van der Waals surface area contributed by atoms with Crippen LogP contribution in [0.5, 0.6) is 0 Å². The first-order valence-electron chi connectivity index (χ1n) is 5.41. The summed E-state index contributed by atoms with van der Waals surface area (Å²) in [5.41, 5.74) is 0. The van der Waals surface area contributed by atoms with Gasteiger partial charge in [-0.15, -0.1) is 16.7 Å². The lowest BCUT2D eigenvalue weighted by Gasteiger charge is -2.24. The van der Waals surface area contributed by atoms with Crippen LogP contribution in [0.2, 0.25) is 0 Å². The Morgan fingerprint density at radius 1 is 1.31 bits per heavy atom. The van der Waals surface area contributed by atoms with Gasteiger partial charge in [-0.2, -0.15) is 0 Å². The van der Waals surface area contributed by atoms with E-state index in [-0.39, 0.29) is 11.8 Å². The van der Waals surface area contributed by atoms with Gasteiger partial charge in [-0.05, 0) is 13.3 Å². The van der Waals surface area contributed by atoms with Crippen LogP contribution < -0.4 is 5.11 Å². The molecule has 0 aliphatic rings. The van der Waals surface area contributed by atoms with E-state index in [1.165, 1.54) is 0 Å². The predicted molar refractivity (Wildman–Crippen MR) is 61.9 cm³/mol. The molecule has 0 rings (SSSR count). The second-order valence-corrected chi connectivity index (χ2v) is 4.17. The number of unbranched alkanes of at least 4 members (excludes halogenated alkanes) is 1.